The van der Waals surface area contributed by atoms with E-state index in [1.807, 2.05) is 42.5 Å². The molecule has 2 rings (SSSR count). The van der Waals surface area contributed by atoms with Crippen LogP contribution < -0.4 is 0 Å². The van der Waals surface area contributed by atoms with Gasteiger partial charge in [-0.25, -0.2) is 0 Å². The quantitative estimate of drug-likeness (QED) is 0.482. The molecular weight excluding hydrogens is 200 g/mol. The second kappa shape index (κ2) is 5.07. The summed E-state index contributed by atoms with van der Waals surface area (Å²) in [5, 5.41) is 11.6. The molecule has 1 N–H and O–H groups in total. The van der Waals surface area contributed by atoms with Crippen molar-refractivity contribution in [3.63, 3.8) is 0 Å². The summed E-state index contributed by atoms with van der Waals surface area (Å²) < 4.78 is 0. The Bertz CT molecular complexity index is 480. The Kier molecular flexibility index (Phi) is 3.28. The average Bonchev–Trinajstić information content (AvgIpc) is 2.33. The third-order valence-corrected chi connectivity index (χ3v) is 2.35. The molecule has 3 heteroatoms. The zero-order valence-corrected chi connectivity index (χ0v) is 8.74. The van der Waals surface area contributed by atoms with Gasteiger partial charge in [0, 0.05) is 18.3 Å². The van der Waals surface area contributed by atoms with Crippen LogP contribution in [0, 0.1) is 0 Å². The molecule has 16 heavy (non-hydrogen) atoms. The molecule has 1 aromatic heterocycles. The number of rotatable bonds is 3. The molecule has 0 spiro atoms. The Morgan fingerprint density at radius 3 is 2.69 bits per heavy atom. The van der Waals surface area contributed by atoms with E-state index in [0.717, 1.165) is 23.2 Å². The zero-order chi connectivity index (χ0) is 11.2. The minimum Gasteiger partial charge on any atom is -0.411 e. The lowest BCUT2D eigenvalue weighted by Crippen LogP contribution is -1.96. The van der Waals surface area contributed by atoms with E-state index in [4.69, 9.17) is 5.21 Å². The number of benzene rings is 1. The largest absolute Gasteiger partial charge is 0.411 e. The fourth-order valence-corrected chi connectivity index (χ4v) is 1.58. The molecule has 0 bridgehead atoms. The van der Waals surface area contributed by atoms with Gasteiger partial charge in [0.05, 0.1) is 6.21 Å². The van der Waals surface area contributed by atoms with Crippen molar-refractivity contribution in [2.45, 2.75) is 6.42 Å². The van der Waals surface area contributed by atoms with Gasteiger partial charge in [-0.3, -0.25) is 4.98 Å². The summed E-state index contributed by atoms with van der Waals surface area (Å²) in [7, 11) is 0. The first-order valence-corrected chi connectivity index (χ1v) is 5.05. The van der Waals surface area contributed by atoms with Crippen LogP contribution in [0.4, 0.5) is 0 Å². The van der Waals surface area contributed by atoms with Crippen molar-refractivity contribution in [3.8, 4) is 0 Å². The lowest BCUT2D eigenvalue weighted by Gasteiger charge is -2.04. The molecule has 0 atom stereocenters. The first kappa shape index (κ1) is 10.4. The van der Waals surface area contributed by atoms with E-state index in [-0.39, 0.29) is 0 Å². The smallest absolute Gasteiger partial charge is 0.0736 e. The van der Waals surface area contributed by atoms with Crippen LogP contribution in [0.25, 0.3) is 0 Å². The van der Waals surface area contributed by atoms with Crippen molar-refractivity contribution in [2.24, 2.45) is 5.16 Å². The van der Waals surface area contributed by atoms with Gasteiger partial charge < -0.3 is 5.21 Å². The second-order valence-electron chi connectivity index (χ2n) is 3.44. The molecule has 1 heterocycles. The Labute approximate surface area is 94.1 Å². The topological polar surface area (TPSA) is 45.5 Å². The molecule has 0 aliphatic rings. The molecule has 80 valence electrons. The Morgan fingerprint density at radius 2 is 1.94 bits per heavy atom. The fraction of sp³-hybridized carbons (Fsp3) is 0.0769. The zero-order valence-electron chi connectivity index (χ0n) is 8.74. The van der Waals surface area contributed by atoms with Crippen molar-refractivity contribution in [1.29, 1.82) is 0 Å². The summed E-state index contributed by atoms with van der Waals surface area (Å²) in [6.07, 6.45) is 3.96. The Hall–Kier alpha value is -2.16. The second-order valence-corrected chi connectivity index (χ2v) is 3.44. The number of oxime groups is 1. The van der Waals surface area contributed by atoms with Crippen molar-refractivity contribution in [2.75, 3.05) is 0 Å². The van der Waals surface area contributed by atoms with E-state index in [9.17, 15) is 0 Å². The molecule has 0 aliphatic heterocycles. The first-order chi connectivity index (χ1) is 7.90. The molecule has 0 fully saturated rings. The van der Waals surface area contributed by atoms with E-state index in [0.29, 0.717) is 0 Å². The molecule has 3 nitrogen and oxygen atoms in total. The predicted octanol–water partition coefficient (Wildman–Crippen LogP) is 2.48. The fourth-order valence-electron chi connectivity index (χ4n) is 1.58. The molecule has 0 aliphatic carbocycles. The maximum atomic E-state index is 8.56. The van der Waals surface area contributed by atoms with Gasteiger partial charge in [0.2, 0.25) is 0 Å². The predicted molar refractivity (Wildman–Crippen MR) is 62.9 cm³/mol. The third-order valence-electron chi connectivity index (χ3n) is 2.35. The number of nitrogens with zero attached hydrogens (tertiary/aromatic N) is 2. The summed E-state index contributed by atoms with van der Waals surface area (Å²) >= 11 is 0. The standard InChI is InChI=1S/C13H12N2O/c16-15-10-12-6-2-1-5-11(12)9-13-7-3-4-8-14-13/h1-8,10,16H,9H2/b15-10-. The van der Waals surface area contributed by atoms with Gasteiger partial charge in [-0.05, 0) is 23.3 Å². The maximum absolute atomic E-state index is 8.56. The van der Waals surface area contributed by atoms with Crippen LogP contribution >= 0.6 is 0 Å². The van der Waals surface area contributed by atoms with E-state index >= 15 is 0 Å². The Balaban J connectivity index is 2.28. The minimum atomic E-state index is 0.739. The van der Waals surface area contributed by atoms with E-state index < -0.39 is 0 Å². The SMILES string of the molecule is O/N=C\c1ccccc1Cc1ccccn1. The van der Waals surface area contributed by atoms with Crippen LogP contribution in [0.3, 0.4) is 0 Å². The highest BCUT2D eigenvalue weighted by molar-refractivity contribution is 5.81. The average molecular weight is 212 g/mol. The molecule has 0 saturated heterocycles. The van der Waals surface area contributed by atoms with Crippen LogP contribution in [0.5, 0.6) is 0 Å². The van der Waals surface area contributed by atoms with Gasteiger partial charge in [-0.15, -0.1) is 0 Å². The van der Waals surface area contributed by atoms with Gasteiger partial charge in [0.1, 0.15) is 0 Å². The lowest BCUT2D eigenvalue weighted by atomic mass is 10.0. The highest BCUT2D eigenvalue weighted by atomic mass is 16.4. The maximum Gasteiger partial charge on any atom is 0.0736 e. The van der Waals surface area contributed by atoms with Crippen LogP contribution in [-0.4, -0.2) is 16.4 Å². The summed E-state index contributed by atoms with van der Waals surface area (Å²) in [5.41, 5.74) is 3.01. The minimum absolute atomic E-state index is 0.739. The van der Waals surface area contributed by atoms with Crippen molar-refractivity contribution >= 4 is 6.21 Å². The molecule has 0 amide bonds. The van der Waals surface area contributed by atoms with Crippen molar-refractivity contribution in [1.82, 2.24) is 4.98 Å². The van der Waals surface area contributed by atoms with Crippen molar-refractivity contribution in [3.05, 3.63) is 65.5 Å². The molecule has 0 unspecified atom stereocenters. The highest BCUT2D eigenvalue weighted by Gasteiger charge is 2.01. The molecule has 0 radical (unpaired) electrons. The number of hydrogen-bond donors (Lipinski definition) is 1. The van der Waals surface area contributed by atoms with Crippen molar-refractivity contribution < 1.29 is 5.21 Å². The van der Waals surface area contributed by atoms with E-state index in [1.165, 1.54) is 6.21 Å². The van der Waals surface area contributed by atoms with E-state index in [1.54, 1.807) is 6.20 Å². The van der Waals surface area contributed by atoms with Crippen LogP contribution in [0.2, 0.25) is 0 Å². The molecule has 2 aromatic rings. The van der Waals surface area contributed by atoms with Gasteiger partial charge in [0.25, 0.3) is 0 Å². The summed E-state index contributed by atoms with van der Waals surface area (Å²) in [6.45, 7) is 0. The first-order valence-electron chi connectivity index (χ1n) is 5.05. The lowest BCUT2D eigenvalue weighted by molar-refractivity contribution is 0.322. The molecule has 1 aromatic carbocycles. The summed E-state index contributed by atoms with van der Waals surface area (Å²) in [4.78, 5) is 4.27. The number of pyridine rings is 1. The number of aromatic nitrogens is 1. The highest BCUT2D eigenvalue weighted by Crippen LogP contribution is 2.11. The van der Waals surface area contributed by atoms with Gasteiger partial charge >= 0.3 is 0 Å². The Morgan fingerprint density at radius 1 is 1.12 bits per heavy atom. The van der Waals surface area contributed by atoms with Crippen LogP contribution in [0.15, 0.2) is 53.8 Å². The van der Waals surface area contributed by atoms with Crippen LogP contribution in [-0.2, 0) is 6.42 Å². The normalized spacial score (nSPS) is 10.8. The molecular formula is C13H12N2O. The summed E-state index contributed by atoms with van der Waals surface area (Å²) in [6, 6.07) is 13.6. The monoisotopic (exact) mass is 212 g/mol. The van der Waals surface area contributed by atoms with Crippen LogP contribution in [0.1, 0.15) is 16.8 Å². The van der Waals surface area contributed by atoms with E-state index in [2.05, 4.69) is 10.1 Å². The summed E-state index contributed by atoms with van der Waals surface area (Å²) in [5.74, 6) is 0. The van der Waals surface area contributed by atoms with Gasteiger partial charge in [-0.1, -0.05) is 35.5 Å². The molecule has 0 saturated carbocycles. The third kappa shape index (κ3) is 2.45. The number of hydrogen-bond acceptors (Lipinski definition) is 3. The van der Waals surface area contributed by atoms with Gasteiger partial charge in [-0.2, -0.15) is 0 Å². The van der Waals surface area contributed by atoms with Gasteiger partial charge in [0.15, 0.2) is 0 Å².